The average Bonchev–Trinajstić information content (AvgIpc) is 2.77. The zero-order chi connectivity index (χ0) is 12.1. The molecule has 0 aliphatic carbocycles. The smallest absolute Gasteiger partial charge is 0.216 e. The summed E-state index contributed by atoms with van der Waals surface area (Å²) in [5.74, 6) is 0.783. The molecule has 3 heteroatoms. The van der Waals surface area contributed by atoms with Crippen LogP contribution < -0.4 is 5.73 Å². The summed E-state index contributed by atoms with van der Waals surface area (Å²) in [6.07, 6.45) is 3.35. The molecule has 1 aromatic rings. The molecular weight excluding hydrogens is 212 g/mol. The summed E-state index contributed by atoms with van der Waals surface area (Å²) >= 11 is 0. The molecule has 1 aromatic carbocycles. The van der Waals surface area contributed by atoms with Crippen LogP contribution >= 0.6 is 0 Å². The maximum atomic E-state index is 5.52. The van der Waals surface area contributed by atoms with Crippen molar-refractivity contribution in [3.63, 3.8) is 0 Å². The van der Waals surface area contributed by atoms with Crippen molar-refractivity contribution in [3.8, 4) is 0 Å². The van der Waals surface area contributed by atoms with Gasteiger partial charge in [0.05, 0.1) is 6.04 Å². The molecular formula is C14H20N2O. The number of nitrogens with two attached hydrogens (primary N) is 1. The van der Waals surface area contributed by atoms with E-state index in [0.29, 0.717) is 6.61 Å². The Balaban J connectivity index is 1.96. The number of unbranched alkanes of at least 4 members (excludes halogenated alkanes) is 1. The lowest BCUT2D eigenvalue weighted by Crippen LogP contribution is -2.02. The fourth-order valence-corrected chi connectivity index (χ4v) is 1.92. The van der Waals surface area contributed by atoms with Gasteiger partial charge in [0.15, 0.2) is 0 Å². The number of hydrogen-bond acceptors (Lipinski definition) is 3. The molecule has 1 heterocycles. The highest BCUT2D eigenvalue weighted by Gasteiger charge is 2.15. The van der Waals surface area contributed by atoms with E-state index in [2.05, 4.69) is 36.2 Å². The van der Waals surface area contributed by atoms with Gasteiger partial charge >= 0.3 is 0 Å². The van der Waals surface area contributed by atoms with Crippen LogP contribution in [0, 0.1) is 0 Å². The molecule has 17 heavy (non-hydrogen) atoms. The predicted octanol–water partition coefficient (Wildman–Crippen LogP) is 2.13. The van der Waals surface area contributed by atoms with Crippen LogP contribution in [0.25, 0.3) is 0 Å². The zero-order valence-electron chi connectivity index (χ0n) is 10.4. The molecule has 0 radical (unpaired) electrons. The Hall–Kier alpha value is -1.35. The molecule has 0 amide bonds. The number of hydrogen-bond donors (Lipinski definition) is 1. The minimum atomic E-state index is 0.286. The molecule has 0 fully saturated rings. The van der Waals surface area contributed by atoms with Crippen molar-refractivity contribution in [1.82, 2.24) is 0 Å². The molecule has 2 rings (SSSR count). The van der Waals surface area contributed by atoms with Crippen molar-refractivity contribution in [1.29, 1.82) is 0 Å². The third kappa shape index (κ3) is 3.30. The van der Waals surface area contributed by atoms with Crippen molar-refractivity contribution in [3.05, 3.63) is 35.4 Å². The van der Waals surface area contributed by atoms with Crippen molar-refractivity contribution >= 4 is 5.90 Å². The van der Waals surface area contributed by atoms with Gasteiger partial charge in [0.1, 0.15) is 6.61 Å². The van der Waals surface area contributed by atoms with Gasteiger partial charge in [-0.25, -0.2) is 4.99 Å². The third-order valence-corrected chi connectivity index (χ3v) is 2.92. The summed E-state index contributed by atoms with van der Waals surface area (Å²) in [7, 11) is 0. The maximum absolute atomic E-state index is 5.52. The molecule has 1 atom stereocenters. The van der Waals surface area contributed by atoms with E-state index >= 15 is 0 Å². The quantitative estimate of drug-likeness (QED) is 0.791. The van der Waals surface area contributed by atoms with Crippen molar-refractivity contribution in [2.45, 2.75) is 32.2 Å². The minimum Gasteiger partial charge on any atom is -0.475 e. The Labute approximate surface area is 103 Å². The van der Waals surface area contributed by atoms with Crippen LogP contribution in [0.1, 0.15) is 30.9 Å². The lowest BCUT2D eigenvalue weighted by molar-refractivity contribution is 0.324. The highest BCUT2D eigenvalue weighted by molar-refractivity contribution is 5.95. The summed E-state index contributed by atoms with van der Waals surface area (Å²) in [5.41, 5.74) is 7.92. The van der Waals surface area contributed by atoms with E-state index < -0.39 is 0 Å². The van der Waals surface area contributed by atoms with Crippen LogP contribution in [0.2, 0.25) is 0 Å². The Kier molecular flexibility index (Phi) is 4.15. The molecule has 1 unspecified atom stereocenters. The van der Waals surface area contributed by atoms with E-state index in [1.807, 2.05) is 0 Å². The lowest BCUT2D eigenvalue weighted by atomic mass is 10.1. The lowest BCUT2D eigenvalue weighted by Gasteiger charge is -2.04. The SMILES string of the molecule is CC1COC(c2ccc(CCCCN)cc2)=N1. The molecule has 0 saturated carbocycles. The highest BCUT2D eigenvalue weighted by atomic mass is 16.5. The topological polar surface area (TPSA) is 47.6 Å². The van der Waals surface area contributed by atoms with Gasteiger partial charge < -0.3 is 10.5 Å². The van der Waals surface area contributed by atoms with Crippen LogP contribution in [0.4, 0.5) is 0 Å². The van der Waals surface area contributed by atoms with Gasteiger partial charge in [0, 0.05) is 5.56 Å². The van der Waals surface area contributed by atoms with Gasteiger partial charge in [-0.1, -0.05) is 12.1 Å². The van der Waals surface area contributed by atoms with Crippen LogP contribution in [0.5, 0.6) is 0 Å². The largest absolute Gasteiger partial charge is 0.475 e. The molecule has 1 aliphatic heterocycles. The Morgan fingerprint density at radius 2 is 2.06 bits per heavy atom. The summed E-state index contributed by atoms with van der Waals surface area (Å²) in [6, 6.07) is 8.78. The first-order valence-corrected chi connectivity index (χ1v) is 6.29. The Morgan fingerprint density at radius 1 is 1.29 bits per heavy atom. The van der Waals surface area contributed by atoms with E-state index in [1.165, 1.54) is 5.56 Å². The van der Waals surface area contributed by atoms with Gasteiger partial charge in [-0.05, 0) is 50.4 Å². The van der Waals surface area contributed by atoms with Crippen LogP contribution in [-0.4, -0.2) is 25.1 Å². The first kappa shape index (κ1) is 12.1. The summed E-state index contributed by atoms with van der Waals surface area (Å²) in [5, 5.41) is 0. The monoisotopic (exact) mass is 232 g/mol. The summed E-state index contributed by atoms with van der Waals surface area (Å²) in [4.78, 5) is 4.44. The zero-order valence-corrected chi connectivity index (χ0v) is 10.4. The number of benzene rings is 1. The van der Waals surface area contributed by atoms with Crippen LogP contribution in [-0.2, 0) is 11.2 Å². The number of nitrogens with zero attached hydrogens (tertiary/aromatic N) is 1. The first-order chi connectivity index (χ1) is 8.29. The number of ether oxygens (including phenoxy) is 1. The Morgan fingerprint density at radius 3 is 2.65 bits per heavy atom. The molecule has 3 nitrogen and oxygen atoms in total. The van der Waals surface area contributed by atoms with E-state index in [4.69, 9.17) is 10.5 Å². The van der Waals surface area contributed by atoms with Crippen molar-refractivity contribution < 1.29 is 4.74 Å². The van der Waals surface area contributed by atoms with Gasteiger partial charge in [-0.3, -0.25) is 0 Å². The van der Waals surface area contributed by atoms with E-state index in [1.54, 1.807) is 0 Å². The second-order valence-electron chi connectivity index (χ2n) is 4.54. The number of aliphatic imine (C=N–C) groups is 1. The third-order valence-electron chi connectivity index (χ3n) is 2.92. The van der Waals surface area contributed by atoms with E-state index in [-0.39, 0.29) is 6.04 Å². The highest BCUT2D eigenvalue weighted by Crippen LogP contribution is 2.13. The maximum Gasteiger partial charge on any atom is 0.216 e. The molecule has 92 valence electrons. The van der Waals surface area contributed by atoms with Gasteiger partial charge in [0.25, 0.3) is 0 Å². The van der Waals surface area contributed by atoms with Gasteiger partial charge in [-0.15, -0.1) is 0 Å². The number of rotatable bonds is 5. The van der Waals surface area contributed by atoms with E-state index in [9.17, 15) is 0 Å². The standard InChI is InChI=1S/C14H20N2O/c1-11-10-17-14(16-11)13-7-5-12(6-8-13)4-2-3-9-15/h5-8,11H,2-4,9-10,15H2,1H3. The van der Waals surface area contributed by atoms with Crippen molar-refractivity contribution in [2.24, 2.45) is 10.7 Å². The molecule has 0 saturated heterocycles. The molecule has 0 aromatic heterocycles. The summed E-state index contributed by atoms with van der Waals surface area (Å²) in [6.45, 7) is 3.54. The second-order valence-corrected chi connectivity index (χ2v) is 4.54. The van der Waals surface area contributed by atoms with Crippen LogP contribution in [0.15, 0.2) is 29.3 Å². The average molecular weight is 232 g/mol. The molecule has 0 spiro atoms. The minimum absolute atomic E-state index is 0.286. The fraction of sp³-hybridized carbons (Fsp3) is 0.500. The molecule has 0 bridgehead atoms. The first-order valence-electron chi connectivity index (χ1n) is 6.29. The predicted molar refractivity (Wildman–Crippen MR) is 70.4 cm³/mol. The Bertz CT molecular complexity index is 384. The van der Waals surface area contributed by atoms with Gasteiger partial charge in [0.2, 0.25) is 5.90 Å². The van der Waals surface area contributed by atoms with Gasteiger partial charge in [-0.2, -0.15) is 0 Å². The summed E-state index contributed by atoms with van der Waals surface area (Å²) < 4.78 is 5.52. The molecule has 2 N–H and O–H groups in total. The number of aryl methyl sites for hydroxylation is 1. The molecule has 1 aliphatic rings. The van der Waals surface area contributed by atoms with E-state index in [0.717, 1.165) is 37.3 Å². The second kappa shape index (κ2) is 5.82. The fourth-order valence-electron chi connectivity index (χ4n) is 1.92. The van der Waals surface area contributed by atoms with Crippen LogP contribution in [0.3, 0.4) is 0 Å². The van der Waals surface area contributed by atoms with Crippen molar-refractivity contribution in [2.75, 3.05) is 13.2 Å². The normalized spacial score (nSPS) is 18.9.